The molecule has 0 unspecified atom stereocenters. The average Bonchev–Trinajstić information content (AvgIpc) is 3.60. The van der Waals surface area contributed by atoms with Crippen LogP contribution in [0.2, 0.25) is 10.0 Å². The number of fused-ring (bicyclic) bond motifs is 2. The Morgan fingerprint density at radius 3 is 1.31 bits per heavy atom. The summed E-state index contributed by atoms with van der Waals surface area (Å²) in [7, 11) is 3.26. The third-order valence-corrected chi connectivity index (χ3v) is 10.5. The van der Waals surface area contributed by atoms with Crippen molar-refractivity contribution in [3.63, 3.8) is 0 Å². The maximum absolute atomic E-state index is 12.6. The van der Waals surface area contributed by atoms with Gasteiger partial charge in [-0.15, -0.1) is 0 Å². The molecule has 6 aromatic rings. The molecule has 8 nitrogen and oxygen atoms in total. The van der Waals surface area contributed by atoms with Crippen molar-refractivity contribution in [1.82, 2.24) is 20.6 Å². The lowest BCUT2D eigenvalue weighted by Gasteiger charge is -2.14. The summed E-state index contributed by atoms with van der Waals surface area (Å²) in [6.07, 6.45) is 0. The molecule has 4 aromatic carbocycles. The maximum Gasteiger partial charge on any atom is 0.269 e. The van der Waals surface area contributed by atoms with E-state index >= 15 is 0 Å². The molecule has 0 bridgehead atoms. The number of hydrogen-bond acceptors (Lipinski definition) is 4. The predicted octanol–water partition coefficient (Wildman–Crippen LogP) is 9.85. The fourth-order valence-corrected chi connectivity index (χ4v) is 7.06. The van der Waals surface area contributed by atoms with Crippen molar-refractivity contribution in [2.45, 2.75) is 25.9 Å². The van der Waals surface area contributed by atoms with E-state index in [4.69, 9.17) is 32.7 Å². The third kappa shape index (κ3) is 8.21. The van der Waals surface area contributed by atoms with Gasteiger partial charge in [0.05, 0.1) is 33.4 Å². The SMILES string of the molecule is COc1ccc([C@@H](C)NC(=O)c2[nH]c3ccc(Cl)cc3c2I)cc1.COc1ccc([C@H](C)NC(=O)c2[nH]c3ccc(Cl)cc3c2I)cc1. The van der Waals surface area contributed by atoms with Gasteiger partial charge in [0.2, 0.25) is 0 Å². The molecule has 0 saturated carbocycles. The summed E-state index contributed by atoms with van der Waals surface area (Å²) in [5.41, 5.74) is 4.91. The zero-order valence-electron chi connectivity index (χ0n) is 26.4. The molecule has 2 heterocycles. The highest BCUT2D eigenvalue weighted by Gasteiger charge is 2.20. The highest BCUT2D eigenvalue weighted by atomic mass is 127. The van der Waals surface area contributed by atoms with E-state index in [-0.39, 0.29) is 23.9 Å². The summed E-state index contributed by atoms with van der Waals surface area (Å²) in [6, 6.07) is 26.2. The van der Waals surface area contributed by atoms with Crippen LogP contribution in [0.5, 0.6) is 11.5 Å². The summed E-state index contributed by atoms with van der Waals surface area (Å²) in [4.78, 5) is 31.6. The van der Waals surface area contributed by atoms with Gasteiger partial charge in [-0.05, 0) is 131 Å². The molecule has 0 radical (unpaired) electrons. The molecule has 0 aliphatic carbocycles. The quantitative estimate of drug-likeness (QED) is 0.114. The molecule has 248 valence electrons. The molecule has 0 saturated heterocycles. The molecule has 2 amide bonds. The van der Waals surface area contributed by atoms with Crippen LogP contribution in [-0.4, -0.2) is 36.0 Å². The predicted molar refractivity (Wildman–Crippen MR) is 210 cm³/mol. The van der Waals surface area contributed by atoms with Crippen LogP contribution < -0.4 is 20.1 Å². The van der Waals surface area contributed by atoms with Crippen molar-refractivity contribution < 1.29 is 19.1 Å². The number of hydrogen-bond donors (Lipinski definition) is 4. The Balaban J connectivity index is 0.000000188. The minimum atomic E-state index is -0.143. The largest absolute Gasteiger partial charge is 0.497 e. The van der Waals surface area contributed by atoms with Gasteiger partial charge >= 0.3 is 0 Å². The second-order valence-corrected chi connectivity index (χ2v) is 14.0. The van der Waals surface area contributed by atoms with Crippen molar-refractivity contribution in [3.8, 4) is 11.5 Å². The number of H-pyrrole nitrogens is 2. The van der Waals surface area contributed by atoms with E-state index in [9.17, 15) is 9.59 Å². The monoisotopic (exact) mass is 908 g/mol. The van der Waals surface area contributed by atoms with Crippen LogP contribution in [0.25, 0.3) is 21.8 Å². The van der Waals surface area contributed by atoms with E-state index < -0.39 is 0 Å². The minimum Gasteiger partial charge on any atom is -0.497 e. The summed E-state index contributed by atoms with van der Waals surface area (Å²) in [5.74, 6) is 1.30. The highest BCUT2D eigenvalue weighted by Crippen LogP contribution is 2.29. The van der Waals surface area contributed by atoms with Gasteiger partial charge in [-0.25, -0.2) is 0 Å². The van der Waals surface area contributed by atoms with Crippen LogP contribution in [0.1, 0.15) is 58.0 Å². The number of ether oxygens (including phenoxy) is 2. The van der Waals surface area contributed by atoms with E-state index in [1.165, 1.54) is 0 Å². The third-order valence-electron chi connectivity index (χ3n) is 7.78. The second-order valence-electron chi connectivity index (χ2n) is 10.9. The molecule has 12 heteroatoms. The minimum absolute atomic E-state index is 0.116. The first-order valence-electron chi connectivity index (χ1n) is 14.8. The van der Waals surface area contributed by atoms with E-state index in [0.717, 1.165) is 51.6 Å². The number of methoxy groups -OCH3 is 2. The van der Waals surface area contributed by atoms with Gasteiger partial charge in [-0.1, -0.05) is 47.5 Å². The fraction of sp³-hybridized carbons (Fsp3) is 0.167. The zero-order valence-corrected chi connectivity index (χ0v) is 32.2. The van der Waals surface area contributed by atoms with E-state index in [0.29, 0.717) is 21.4 Å². The molecule has 0 aliphatic heterocycles. The standard InChI is InChI=1S/2C18H16ClIN2O2/c2*1-10(11-3-6-13(24-2)7-4-11)21-18(23)17-16(20)14-9-12(19)5-8-15(14)22-17/h2*3-10,22H,1-2H3,(H,21,23)/t2*10-/m10/s1. The van der Waals surface area contributed by atoms with Crippen LogP contribution in [0.15, 0.2) is 84.9 Å². The molecule has 0 fully saturated rings. The molecular formula is C36H32Cl2I2N4O4. The van der Waals surface area contributed by atoms with Crippen LogP contribution in [-0.2, 0) is 0 Å². The lowest BCUT2D eigenvalue weighted by Crippen LogP contribution is -2.27. The first-order chi connectivity index (χ1) is 23.0. The molecule has 0 spiro atoms. The summed E-state index contributed by atoms with van der Waals surface area (Å²) >= 11 is 16.4. The smallest absolute Gasteiger partial charge is 0.269 e. The molecule has 4 N–H and O–H groups in total. The van der Waals surface area contributed by atoms with Gasteiger partial charge < -0.3 is 30.1 Å². The van der Waals surface area contributed by atoms with Crippen molar-refractivity contribution in [2.24, 2.45) is 0 Å². The Bertz CT molecular complexity index is 1930. The Labute approximate surface area is 315 Å². The van der Waals surface area contributed by atoms with E-state index in [1.807, 2.05) is 86.6 Å². The maximum atomic E-state index is 12.6. The summed E-state index contributed by atoms with van der Waals surface area (Å²) in [5, 5.41) is 9.24. The number of amides is 2. The van der Waals surface area contributed by atoms with Crippen LogP contribution in [0.4, 0.5) is 0 Å². The molecular weight excluding hydrogens is 877 g/mol. The lowest BCUT2D eigenvalue weighted by atomic mass is 10.1. The Morgan fingerprint density at radius 1 is 0.625 bits per heavy atom. The average molecular weight is 909 g/mol. The molecule has 48 heavy (non-hydrogen) atoms. The number of halogens is 4. The molecule has 6 rings (SSSR count). The topological polar surface area (TPSA) is 108 Å². The van der Waals surface area contributed by atoms with Crippen molar-refractivity contribution >= 4 is 102 Å². The van der Waals surface area contributed by atoms with Crippen molar-refractivity contribution in [3.05, 3.63) is 125 Å². The number of rotatable bonds is 8. The van der Waals surface area contributed by atoms with E-state index in [1.54, 1.807) is 26.4 Å². The van der Waals surface area contributed by atoms with Crippen LogP contribution in [0, 0.1) is 7.14 Å². The number of aromatic nitrogens is 2. The number of aromatic amines is 2. The summed E-state index contributed by atoms with van der Waals surface area (Å²) in [6.45, 7) is 3.90. The van der Waals surface area contributed by atoms with Gasteiger partial charge in [0.1, 0.15) is 22.9 Å². The number of benzene rings is 4. The second kappa shape index (κ2) is 15.8. The first kappa shape index (κ1) is 35.8. The molecule has 2 atom stereocenters. The normalized spacial score (nSPS) is 12.2. The van der Waals surface area contributed by atoms with Crippen molar-refractivity contribution in [2.75, 3.05) is 14.2 Å². The van der Waals surface area contributed by atoms with E-state index in [2.05, 4.69) is 65.8 Å². The number of nitrogens with one attached hydrogen (secondary N) is 4. The zero-order chi connectivity index (χ0) is 34.5. The number of carbonyl (C=O) groups excluding carboxylic acids is 2. The summed E-state index contributed by atoms with van der Waals surface area (Å²) < 4.78 is 12.0. The lowest BCUT2D eigenvalue weighted by molar-refractivity contribution is 0.0926. The Morgan fingerprint density at radius 2 is 0.979 bits per heavy atom. The fourth-order valence-electron chi connectivity index (χ4n) is 5.06. The highest BCUT2D eigenvalue weighted by molar-refractivity contribution is 14.1. The van der Waals surface area contributed by atoms with Crippen molar-refractivity contribution in [1.29, 1.82) is 0 Å². The Kier molecular flexibility index (Phi) is 11.8. The van der Waals surface area contributed by atoms with Gasteiger partial charge in [-0.2, -0.15) is 0 Å². The van der Waals surface area contributed by atoms with Crippen LogP contribution in [0.3, 0.4) is 0 Å². The van der Waals surface area contributed by atoms with Crippen LogP contribution >= 0.6 is 68.4 Å². The molecule has 0 aliphatic rings. The van der Waals surface area contributed by atoms with Gasteiger partial charge in [0.25, 0.3) is 11.8 Å². The molecule has 2 aromatic heterocycles. The van der Waals surface area contributed by atoms with Gasteiger partial charge in [-0.3, -0.25) is 9.59 Å². The van der Waals surface area contributed by atoms with Gasteiger partial charge in [0.15, 0.2) is 0 Å². The first-order valence-corrected chi connectivity index (χ1v) is 17.7. The van der Waals surface area contributed by atoms with Gasteiger partial charge in [0, 0.05) is 31.9 Å². The Hall–Kier alpha value is -3.46. The number of carbonyl (C=O) groups is 2.